The van der Waals surface area contributed by atoms with Crippen molar-refractivity contribution in [2.45, 2.75) is 25.7 Å². The van der Waals surface area contributed by atoms with E-state index in [-0.39, 0.29) is 6.79 Å². The number of hydrogen-bond donors (Lipinski definition) is 0. The van der Waals surface area contributed by atoms with E-state index in [1.807, 2.05) is 6.07 Å². The van der Waals surface area contributed by atoms with Crippen molar-refractivity contribution in [2.24, 2.45) is 0 Å². The molecule has 0 amide bonds. The van der Waals surface area contributed by atoms with Crippen molar-refractivity contribution in [2.75, 3.05) is 6.79 Å². The highest BCUT2D eigenvalue weighted by atomic mass is 79.9. The Labute approximate surface area is 116 Å². The molecule has 0 saturated carbocycles. The first-order valence-electron chi connectivity index (χ1n) is 5.57. The number of halogens is 1. The zero-order valence-electron chi connectivity index (χ0n) is 10.5. The number of ether oxygens (including phenoxy) is 2. The molecule has 1 unspecified atom stereocenters. The number of nitriles is 1. The molecule has 0 aromatic heterocycles. The SMILES string of the molecule is C[Si](C)(C)OC(C#N)c1cc(Br)c2c(c1)OCO2. The van der Waals surface area contributed by atoms with E-state index in [9.17, 15) is 5.26 Å². The maximum Gasteiger partial charge on any atom is 0.231 e. The Kier molecular flexibility index (Phi) is 3.66. The van der Waals surface area contributed by atoms with Crippen LogP contribution in [-0.4, -0.2) is 15.1 Å². The number of fused-ring (bicyclic) bond motifs is 1. The number of benzene rings is 1. The maximum atomic E-state index is 9.24. The molecule has 4 nitrogen and oxygen atoms in total. The topological polar surface area (TPSA) is 51.5 Å². The van der Waals surface area contributed by atoms with Gasteiger partial charge in [0.2, 0.25) is 6.79 Å². The highest BCUT2D eigenvalue weighted by molar-refractivity contribution is 9.10. The summed E-state index contributed by atoms with van der Waals surface area (Å²) in [4.78, 5) is 0. The summed E-state index contributed by atoms with van der Waals surface area (Å²) in [6, 6.07) is 5.84. The zero-order valence-corrected chi connectivity index (χ0v) is 13.1. The second-order valence-electron chi connectivity index (χ2n) is 4.98. The molecule has 6 heteroatoms. The third kappa shape index (κ3) is 2.86. The molecule has 0 fully saturated rings. The van der Waals surface area contributed by atoms with Gasteiger partial charge in [0.25, 0.3) is 0 Å². The second-order valence-corrected chi connectivity index (χ2v) is 10.3. The van der Waals surface area contributed by atoms with Gasteiger partial charge in [0.05, 0.1) is 10.5 Å². The van der Waals surface area contributed by atoms with Gasteiger partial charge in [-0.15, -0.1) is 0 Å². The van der Waals surface area contributed by atoms with E-state index in [1.165, 1.54) is 0 Å². The summed E-state index contributed by atoms with van der Waals surface area (Å²) < 4.78 is 17.3. The van der Waals surface area contributed by atoms with Crippen molar-refractivity contribution in [3.63, 3.8) is 0 Å². The van der Waals surface area contributed by atoms with Gasteiger partial charge in [0.1, 0.15) is 0 Å². The van der Waals surface area contributed by atoms with Gasteiger partial charge in [-0.25, -0.2) is 0 Å². The fourth-order valence-corrected chi connectivity index (χ4v) is 3.13. The minimum absolute atomic E-state index is 0.212. The molecule has 1 aromatic carbocycles. The summed E-state index contributed by atoms with van der Waals surface area (Å²) in [7, 11) is -1.78. The van der Waals surface area contributed by atoms with Gasteiger partial charge in [0.15, 0.2) is 25.9 Å². The van der Waals surface area contributed by atoms with Crippen LogP contribution in [0.3, 0.4) is 0 Å². The summed E-state index contributed by atoms with van der Waals surface area (Å²) in [5.41, 5.74) is 0.788. The van der Waals surface area contributed by atoms with Gasteiger partial charge >= 0.3 is 0 Å². The molecular weight excluding hydrogens is 314 g/mol. The standard InChI is InChI=1S/C12H14BrNO3Si/c1-18(2,3)17-11(6-14)8-4-9(13)12-10(5-8)15-7-16-12/h4-5,11H,7H2,1-3H3. The van der Waals surface area contributed by atoms with E-state index in [1.54, 1.807) is 6.07 Å². The first-order valence-corrected chi connectivity index (χ1v) is 9.77. The lowest BCUT2D eigenvalue weighted by atomic mass is 10.1. The average Bonchev–Trinajstić information content (AvgIpc) is 2.73. The fourth-order valence-electron chi connectivity index (χ4n) is 1.66. The van der Waals surface area contributed by atoms with Crippen LogP contribution in [0.1, 0.15) is 11.7 Å². The summed E-state index contributed by atoms with van der Waals surface area (Å²) in [6.45, 7) is 6.38. The molecule has 0 bridgehead atoms. The average molecular weight is 328 g/mol. The molecule has 1 heterocycles. The van der Waals surface area contributed by atoms with Gasteiger partial charge in [-0.2, -0.15) is 5.26 Å². The molecule has 0 aliphatic carbocycles. The molecule has 1 aliphatic heterocycles. The van der Waals surface area contributed by atoms with Crippen LogP contribution >= 0.6 is 15.9 Å². The van der Waals surface area contributed by atoms with Crippen molar-refractivity contribution < 1.29 is 13.9 Å². The second kappa shape index (κ2) is 4.92. The Morgan fingerprint density at radius 2 is 2.11 bits per heavy atom. The van der Waals surface area contributed by atoms with E-state index in [2.05, 4.69) is 41.6 Å². The summed E-state index contributed by atoms with van der Waals surface area (Å²) in [5.74, 6) is 1.34. The minimum atomic E-state index is -1.78. The molecule has 18 heavy (non-hydrogen) atoms. The van der Waals surface area contributed by atoms with Crippen LogP contribution in [0.5, 0.6) is 11.5 Å². The smallest absolute Gasteiger partial charge is 0.231 e. The van der Waals surface area contributed by atoms with Gasteiger partial charge in [-0.05, 0) is 53.3 Å². The molecule has 0 saturated heterocycles. The maximum absolute atomic E-state index is 9.24. The highest BCUT2D eigenvalue weighted by Crippen LogP contribution is 2.41. The Hall–Kier alpha value is -1.03. The number of hydrogen-bond acceptors (Lipinski definition) is 4. The van der Waals surface area contributed by atoms with Crippen LogP contribution in [-0.2, 0) is 4.43 Å². The lowest BCUT2D eigenvalue weighted by Crippen LogP contribution is -2.27. The van der Waals surface area contributed by atoms with Crippen LogP contribution in [0.4, 0.5) is 0 Å². The number of nitrogens with zero attached hydrogens (tertiary/aromatic N) is 1. The molecule has 96 valence electrons. The van der Waals surface area contributed by atoms with Crippen molar-refractivity contribution in [1.29, 1.82) is 5.26 Å². The third-order valence-electron chi connectivity index (χ3n) is 2.34. The van der Waals surface area contributed by atoms with Crippen molar-refractivity contribution in [3.8, 4) is 17.6 Å². The molecule has 0 spiro atoms. The van der Waals surface area contributed by atoms with Crippen molar-refractivity contribution in [1.82, 2.24) is 0 Å². The van der Waals surface area contributed by atoms with Crippen LogP contribution in [0, 0.1) is 11.3 Å². The summed E-state index contributed by atoms with van der Waals surface area (Å²) in [6.07, 6.45) is -0.567. The first-order chi connectivity index (χ1) is 8.40. The van der Waals surface area contributed by atoms with E-state index in [0.717, 1.165) is 10.0 Å². The van der Waals surface area contributed by atoms with Gasteiger partial charge in [0, 0.05) is 0 Å². The molecule has 2 rings (SSSR count). The third-order valence-corrected chi connectivity index (χ3v) is 3.87. The predicted octanol–water partition coefficient (Wildman–Crippen LogP) is 3.59. The van der Waals surface area contributed by atoms with Crippen LogP contribution in [0.25, 0.3) is 0 Å². The monoisotopic (exact) mass is 327 g/mol. The lowest BCUT2D eigenvalue weighted by Gasteiger charge is -2.22. The van der Waals surface area contributed by atoms with E-state index in [4.69, 9.17) is 13.9 Å². The van der Waals surface area contributed by atoms with E-state index in [0.29, 0.717) is 11.5 Å². The first kappa shape index (κ1) is 13.4. The van der Waals surface area contributed by atoms with Gasteiger partial charge < -0.3 is 13.9 Å². The number of rotatable bonds is 3. The Morgan fingerprint density at radius 1 is 1.39 bits per heavy atom. The lowest BCUT2D eigenvalue weighted by molar-refractivity contribution is 0.173. The molecule has 1 aliphatic rings. The van der Waals surface area contributed by atoms with Gasteiger partial charge in [-0.3, -0.25) is 0 Å². The zero-order chi connectivity index (χ0) is 13.3. The minimum Gasteiger partial charge on any atom is -0.454 e. The van der Waals surface area contributed by atoms with Crippen LogP contribution < -0.4 is 9.47 Å². The predicted molar refractivity (Wildman–Crippen MR) is 73.1 cm³/mol. The Balaban J connectivity index is 2.33. The largest absolute Gasteiger partial charge is 0.454 e. The highest BCUT2D eigenvalue weighted by Gasteiger charge is 2.25. The van der Waals surface area contributed by atoms with Crippen LogP contribution in [0.2, 0.25) is 19.6 Å². The molecule has 0 radical (unpaired) electrons. The van der Waals surface area contributed by atoms with Crippen LogP contribution in [0.15, 0.2) is 16.6 Å². The van der Waals surface area contributed by atoms with Gasteiger partial charge in [-0.1, -0.05) is 0 Å². The molecule has 1 aromatic rings. The summed E-state index contributed by atoms with van der Waals surface area (Å²) in [5, 5.41) is 9.24. The van der Waals surface area contributed by atoms with Crippen molar-refractivity contribution in [3.05, 3.63) is 22.2 Å². The Bertz CT molecular complexity index is 507. The normalized spacial score (nSPS) is 15.3. The fraction of sp³-hybridized carbons (Fsp3) is 0.417. The molecular formula is C12H14BrNO3Si. The molecule has 1 atom stereocenters. The molecule has 0 N–H and O–H groups in total. The quantitative estimate of drug-likeness (QED) is 0.796. The summed E-state index contributed by atoms with van der Waals surface area (Å²) >= 11 is 3.42. The van der Waals surface area contributed by atoms with E-state index >= 15 is 0 Å². The van der Waals surface area contributed by atoms with E-state index < -0.39 is 14.4 Å². The Morgan fingerprint density at radius 3 is 2.72 bits per heavy atom. The van der Waals surface area contributed by atoms with Crippen molar-refractivity contribution >= 4 is 24.2 Å².